The SMILES string of the molecule is NCC1CCCCCC1Cc1c(F)cccc1F. The molecule has 1 saturated carbocycles. The number of hydrogen-bond acceptors (Lipinski definition) is 1. The van der Waals surface area contributed by atoms with E-state index in [9.17, 15) is 8.78 Å². The van der Waals surface area contributed by atoms with Crippen LogP contribution >= 0.6 is 0 Å². The predicted molar refractivity (Wildman–Crippen MR) is 69.2 cm³/mol. The molecule has 1 nitrogen and oxygen atoms in total. The summed E-state index contributed by atoms with van der Waals surface area (Å²) in [5, 5.41) is 0. The molecular weight excluding hydrogens is 232 g/mol. The maximum atomic E-state index is 13.7. The van der Waals surface area contributed by atoms with E-state index < -0.39 is 11.6 Å². The zero-order chi connectivity index (χ0) is 13.0. The van der Waals surface area contributed by atoms with Gasteiger partial charge in [0.25, 0.3) is 0 Å². The van der Waals surface area contributed by atoms with Crippen molar-refractivity contribution in [1.29, 1.82) is 0 Å². The van der Waals surface area contributed by atoms with Crippen LogP contribution in [0, 0.1) is 23.5 Å². The fourth-order valence-corrected chi connectivity index (χ4v) is 3.03. The lowest BCUT2D eigenvalue weighted by Crippen LogP contribution is -2.24. The van der Waals surface area contributed by atoms with Crippen molar-refractivity contribution in [2.45, 2.75) is 38.5 Å². The third-order valence-corrected chi connectivity index (χ3v) is 4.15. The molecule has 2 unspecified atom stereocenters. The monoisotopic (exact) mass is 253 g/mol. The molecule has 1 aliphatic carbocycles. The Morgan fingerprint density at radius 2 is 1.61 bits per heavy atom. The van der Waals surface area contributed by atoms with Crippen molar-refractivity contribution in [3.8, 4) is 0 Å². The average molecular weight is 253 g/mol. The summed E-state index contributed by atoms with van der Waals surface area (Å²) in [7, 11) is 0. The van der Waals surface area contributed by atoms with E-state index >= 15 is 0 Å². The Morgan fingerprint density at radius 1 is 1.00 bits per heavy atom. The Bertz CT molecular complexity index is 372. The molecule has 1 aromatic carbocycles. The first-order valence-corrected chi connectivity index (χ1v) is 6.85. The van der Waals surface area contributed by atoms with Gasteiger partial charge in [0.15, 0.2) is 0 Å². The molecule has 0 amide bonds. The lowest BCUT2D eigenvalue weighted by atomic mass is 9.83. The van der Waals surface area contributed by atoms with Gasteiger partial charge >= 0.3 is 0 Å². The van der Waals surface area contributed by atoms with Crippen molar-refractivity contribution in [2.75, 3.05) is 6.54 Å². The molecule has 0 aliphatic heterocycles. The quantitative estimate of drug-likeness (QED) is 0.817. The van der Waals surface area contributed by atoms with Crippen LogP contribution in [0.1, 0.15) is 37.7 Å². The molecule has 1 aliphatic rings. The van der Waals surface area contributed by atoms with Gasteiger partial charge < -0.3 is 5.73 Å². The minimum Gasteiger partial charge on any atom is -0.330 e. The minimum absolute atomic E-state index is 0.239. The Kier molecular flexibility index (Phi) is 4.70. The van der Waals surface area contributed by atoms with E-state index in [1.807, 2.05) is 0 Å². The molecule has 100 valence electrons. The molecule has 2 rings (SSSR count). The smallest absolute Gasteiger partial charge is 0.129 e. The van der Waals surface area contributed by atoms with E-state index in [0.717, 1.165) is 19.3 Å². The number of halogens is 2. The molecule has 2 atom stereocenters. The fourth-order valence-electron chi connectivity index (χ4n) is 3.03. The summed E-state index contributed by atoms with van der Waals surface area (Å²) in [5.74, 6) is -0.111. The summed E-state index contributed by atoms with van der Waals surface area (Å²) < 4.78 is 27.3. The average Bonchev–Trinajstić information content (AvgIpc) is 2.59. The number of nitrogens with two attached hydrogens (primary N) is 1. The Balaban J connectivity index is 2.15. The van der Waals surface area contributed by atoms with Crippen LogP contribution in [0.5, 0.6) is 0 Å². The molecule has 1 fully saturated rings. The van der Waals surface area contributed by atoms with Crippen molar-refractivity contribution in [3.63, 3.8) is 0 Å². The van der Waals surface area contributed by atoms with E-state index in [4.69, 9.17) is 5.73 Å². The van der Waals surface area contributed by atoms with Gasteiger partial charge in [-0.25, -0.2) is 8.78 Å². The van der Waals surface area contributed by atoms with Crippen molar-refractivity contribution in [1.82, 2.24) is 0 Å². The van der Waals surface area contributed by atoms with Gasteiger partial charge in [0, 0.05) is 5.56 Å². The lowest BCUT2D eigenvalue weighted by Gasteiger charge is -2.24. The van der Waals surface area contributed by atoms with Gasteiger partial charge in [0.1, 0.15) is 11.6 Å². The van der Waals surface area contributed by atoms with Crippen LogP contribution < -0.4 is 5.73 Å². The third kappa shape index (κ3) is 3.08. The number of benzene rings is 1. The first-order valence-electron chi connectivity index (χ1n) is 6.85. The Hall–Kier alpha value is -0.960. The first kappa shape index (κ1) is 13.5. The van der Waals surface area contributed by atoms with Crippen LogP contribution in [-0.2, 0) is 6.42 Å². The van der Waals surface area contributed by atoms with Crippen LogP contribution in [0.15, 0.2) is 18.2 Å². The summed E-state index contributed by atoms with van der Waals surface area (Å²) in [6.45, 7) is 0.626. The topological polar surface area (TPSA) is 26.0 Å². The van der Waals surface area contributed by atoms with E-state index in [2.05, 4.69) is 0 Å². The van der Waals surface area contributed by atoms with Gasteiger partial charge in [0.2, 0.25) is 0 Å². The number of hydrogen-bond donors (Lipinski definition) is 1. The Labute approximate surface area is 107 Å². The molecular formula is C15H21F2N. The highest BCUT2D eigenvalue weighted by Gasteiger charge is 2.24. The third-order valence-electron chi connectivity index (χ3n) is 4.15. The molecule has 0 radical (unpaired) electrons. The van der Waals surface area contributed by atoms with Gasteiger partial charge in [-0.3, -0.25) is 0 Å². The van der Waals surface area contributed by atoms with Crippen LogP contribution in [0.3, 0.4) is 0 Å². The molecule has 0 aromatic heterocycles. The lowest BCUT2D eigenvalue weighted by molar-refractivity contribution is 0.311. The molecule has 0 saturated heterocycles. The molecule has 18 heavy (non-hydrogen) atoms. The van der Waals surface area contributed by atoms with Crippen molar-refractivity contribution >= 4 is 0 Å². The zero-order valence-corrected chi connectivity index (χ0v) is 10.7. The fraction of sp³-hybridized carbons (Fsp3) is 0.600. The van der Waals surface area contributed by atoms with Gasteiger partial charge in [-0.05, 0) is 49.8 Å². The van der Waals surface area contributed by atoms with Crippen LogP contribution in [0.4, 0.5) is 8.78 Å². The molecule has 3 heteroatoms. The summed E-state index contributed by atoms with van der Waals surface area (Å²) in [5.41, 5.74) is 6.04. The molecule has 0 bridgehead atoms. The molecule has 0 spiro atoms. The van der Waals surface area contributed by atoms with E-state index in [0.29, 0.717) is 24.8 Å². The normalized spacial score (nSPS) is 24.8. The first-order chi connectivity index (χ1) is 8.72. The predicted octanol–water partition coefficient (Wildman–Crippen LogP) is 3.66. The molecule has 2 N–H and O–H groups in total. The van der Waals surface area contributed by atoms with Gasteiger partial charge in [0.05, 0.1) is 0 Å². The molecule has 1 aromatic rings. The van der Waals surface area contributed by atoms with E-state index in [1.54, 1.807) is 0 Å². The van der Waals surface area contributed by atoms with Crippen molar-refractivity contribution < 1.29 is 8.78 Å². The van der Waals surface area contributed by atoms with Crippen LogP contribution in [0.2, 0.25) is 0 Å². The summed E-state index contributed by atoms with van der Waals surface area (Å²) in [6.07, 6.45) is 6.18. The van der Waals surface area contributed by atoms with Crippen molar-refractivity contribution in [2.24, 2.45) is 17.6 Å². The highest BCUT2D eigenvalue weighted by molar-refractivity contribution is 5.20. The largest absolute Gasteiger partial charge is 0.330 e. The second-order valence-corrected chi connectivity index (χ2v) is 5.30. The maximum Gasteiger partial charge on any atom is 0.129 e. The summed E-state index contributed by atoms with van der Waals surface area (Å²) in [4.78, 5) is 0. The highest BCUT2D eigenvalue weighted by atomic mass is 19.1. The second kappa shape index (κ2) is 6.28. The zero-order valence-electron chi connectivity index (χ0n) is 10.7. The van der Waals surface area contributed by atoms with Gasteiger partial charge in [-0.1, -0.05) is 25.3 Å². The molecule has 0 heterocycles. The highest BCUT2D eigenvalue weighted by Crippen LogP contribution is 2.32. The van der Waals surface area contributed by atoms with Gasteiger partial charge in [-0.2, -0.15) is 0 Å². The van der Waals surface area contributed by atoms with Gasteiger partial charge in [-0.15, -0.1) is 0 Å². The van der Waals surface area contributed by atoms with Crippen LogP contribution in [0.25, 0.3) is 0 Å². The second-order valence-electron chi connectivity index (χ2n) is 5.30. The van der Waals surface area contributed by atoms with E-state index in [1.165, 1.54) is 31.0 Å². The standard InChI is InChI=1S/C15H21F2N/c16-14-7-4-8-15(17)13(14)9-11-5-2-1-3-6-12(11)10-18/h4,7-8,11-12H,1-3,5-6,9-10,18H2. The Morgan fingerprint density at radius 3 is 2.22 bits per heavy atom. The minimum atomic E-state index is -0.421. The maximum absolute atomic E-state index is 13.7. The summed E-state index contributed by atoms with van der Waals surface area (Å²) >= 11 is 0. The van der Waals surface area contributed by atoms with Crippen LogP contribution in [-0.4, -0.2) is 6.54 Å². The summed E-state index contributed by atoms with van der Waals surface area (Å²) in [6, 6.07) is 4.10. The van der Waals surface area contributed by atoms with E-state index in [-0.39, 0.29) is 5.56 Å². The number of rotatable bonds is 3. The van der Waals surface area contributed by atoms with Crippen molar-refractivity contribution in [3.05, 3.63) is 35.4 Å².